The van der Waals surface area contributed by atoms with Crippen molar-refractivity contribution in [2.24, 2.45) is 0 Å². The minimum Gasteiger partial charge on any atom is -0.344 e. The van der Waals surface area contributed by atoms with Gasteiger partial charge in [-0.2, -0.15) is 0 Å². The third-order valence-corrected chi connectivity index (χ3v) is 11.1. The summed E-state index contributed by atoms with van der Waals surface area (Å²) in [4.78, 5) is 2.37. The van der Waals surface area contributed by atoms with Gasteiger partial charge < -0.3 is 14.4 Å². The van der Waals surface area contributed by atoms with E-state index in [1.54, 1.807) is 0 Å². The highest BCUT2D eigenvalue weighted by molar-refractivity contribution is 4.96. The molecule has 276 valence electrons. The van der Waals surface area contributed by atoms with Gasteiger partial charge in [0.15, 0.2) is 5.79 Å². The van der Waals surface area contributed by atoms with Crippen molar-refractivity contribution in [3.05, 3.63) is 24.3 Å². The second-order valence-electron chi connectivity index (χ2n) is 15.7. The van der Waals surface area contributed by atoms with Crippen molar-refractivity contribution >= 4 is 0 Å². The quantitative estimate of drug-likeness (QED) is 0.0518. The van der Waals surface area contributed by atoms with Gasteiger partial charge in [0.25, 0.3) is 0 Å². The minimum atomic E-state index is -0.294. The molecular formula is C44H83NO2. The van der Waals surface area contributed by atoms with E-state index in [0.717, 1.165) is 32.1 Å². The van der Waals surface area contributed by atoms with Gasteiger partial charge in [-0.05, 0) is 71.9 Å². The van der Waals surface area contributed by atoms with E-state index >= 15 is 0 Å². The Morgan fingerprint density at radius 2 is 0.809 bits per heavy atom. The lowest BCUT2D eigenvalue weighted by molar-refractivity contribution is -0.193. The Balaban J connectivity index is 1.52. The zero-order valence-corrected chi connectivity index (χ0v) is 32.4. The summed E-state index contributed by atoms with van der Waals surface area (Å²) < 4.78 is 13.7. The second-order valence-corrected chi connectivity index (χ2v) is 15.7. The SMILES string of the molecule is CCCCC/C=C\C/C=C\CCCCCCCCC1(CCCCCCCCCCCCCCCCCC)OC2CC(N(C)C)C[C@H]2O1. The molecule has 47 heavy (non-hydrogen) atoms. The molecule has 0 aromatic heterocycles. The lowest BCUT2D eigenvalue weighted by atomic mass is 9.98. The average Bonchev–Trinajstić information content (AvgIpc) is 3.61. The van der Waals surface area contributed by atoms with Crippen LogP contribution in [0.3, 0.4) is 0 Å². The third kappa shape index (κ3) is 21.2. The first-order chi connectivity index (χ1) is 23.1. The highest BCUT2D eigenvalue weighted by Crippen LogP contribution is 2.44. The Morgan fingerprint density at radius 3 is 1.21 bits per heavy atom. The van der Waals surface area contributed by atoms with E-state index in [1.165, 1.54) is 173 Å². The zero-order chi connectivity index (χ0) is 33.7. The highest BCUT2D eigenvalue weighted by Gasteiger charge is 2.51. The molecule has 3 unspecified atom stereocenters. The van der Waals surface area contributed by atoms with Gasteiger partial charge in [-0.25, -0.2) is 0 Å². The predicted octanol–water partition coefficient (Wildman–Crippen LogP) is 14.0. The number of nitrogens with zero attached hydrogens (tertiary/aromatic N) is 1. The molecule has 2 aliphatic rings. The fourth-order valence-corrected chi connectivity index (χ4v) is 7.87. The van der Waals surface area contributed by atoms with Crippen molar-refractivity contribution in [1.82, 2.24) is 4.90 Å². The van der Waals surface area contributed by atoms with E-state index < -0.39 is 0 Å². The Labute approximate surface area is 295 Å². The Hall–Kier alpha value is -0.640. The van der Waals surface area contributed by atoms with Crippen LogP contribution in [0, 0.1) is 0 Å². The smallest absolute Gasteiger partial charge is 0.169 e. The number of ether oxygens (including phenoxy) is 2. The van der Waals surface area contributed by atoms with E-state index in [4.69, 9.17) is 9.47 Å². The van der Waals surface area contributed by atoms with Crippen molar-refractivity contribution in [2.75, 3.05) is 14.1 Å². The van der Waals surface area contributed by atoms with Crippen molar-refractivity contribution < 1.29 is 9.47 Å². The molecule has 4 atom stereocenters. The predicted molar refractivity (Wildman–Crippen MR) is 207 cm³/mol. The molecule has 0 radical (unpaired) electrons. The molecule has 3 heteroatoms. The van der Waals surface area contributed by atoms with Crippen LogP contribution < -0.4 is 0 Å². The molecule has 0 bridgehead atoms. The summed E-state index contributed by atoms with van der Waals surface area (Å²) in [5.41, 5.74) is 0. The van der Waals surface area contributed by atoms with Crippen molar-refractivity contribution in [3.8, 4) is 0 Å². The molecule has 1 aliphatic carbocycles. The zero-order valence-electron chi connectivity index (χ0n) is 32.4. The lowest BCUT2D eigenvalue weighted by Crippen LogP contribution is -2.34. The molecule has 0 aromatic rings. The van der Waals surface area contributed by atoms with Crippen molar-refractivity contribution in [3.63, 3.8) is 0 Å². The molecule has 2 rings (SSSR count). The molecule has 1 saturated carbocycles. The van der Waals surface area contributed by atoms with Gasteiger partial charge in [0.2, 0.25) is 0 Å². The summed E-state index contributed by atoms with van der Waals surface area (Å²) >= 11 is 0. The number of hydrogen-bond donors (Lipinski definition) is 0. The number of rotatable bonds is 33. The standard InChI is InChI=1S/C44H83NO2/c1-5-7-9-11-13-15-17-19-21-23-25-27-29-31-33-35-37-44(46-42-39-41(45(3)4)40-43(42)47-44)38-36-34-32-30-28-26-24-22-20-18-16-14-12-10-8-6-2/h13,15,19,21,41-43H,5-12,14,16-18,20,22-40H2,1-4H3/b15-13-,21-19-/t41?,42-,43?,44?/m1/s1. The minimum absolute atomic E-state index is 0.294. The van der Waals surface area contributed by atoms with Crippen LogP contribution in [-0.4, -0.2) is 43.0 Å². The fourth-order valence-electron chi connectivity index (χ4n) is 7.87. The monoisotopic (exact) mass is 658 g/mol. The summed E-state index contributed by atoms with van der Waals surface area (Å²) in [6.07, 6.45) is 52.9. The first-order valence-electron chi connectivity index (χ1n) is 21.4. The van der Waals surface area contributed by atoms with Gasteiger partial charge in [-0.15, -0.1) is 0 Å². The average molecular weight is 658 g/mol. The summed E-state index contributed by atoms with van der Waals surface area (Å²) in [5, 5.41) is 0. The van der Waals surface area contributed by atoms with Gasteiger partial charge in [-0.3, -0.25) is 0 Å². The van der Waals surface area contributed by atoms with Crippen LogP contribution in [0.25, 0.3) is 0 Å². The second kappa shape index (κ2) is 29.1. The molecule has 1 heterocycles. The first-order valence-corrected chi connectivity index (χ1v) is 21.4. The number of hydrogen-bond acceptors (Lipinski definition) is 3. The summed E-state index contributed by atoms with van der Waals surface area (Å²) in [6, 6.07) is 0.611. The molecule has 0 N–H and O–H groups in total. The molecule has 1 saturated heterocycles. The van der Waals surface area contributed by atoms with Crippen molar-refractivity contribution in [2.45, 2.75) is 243 Å². The van der Waals surface area contributed by atoms with Gasteiger partial charge in [0.1, 0.15) is 0 Å². The van der Waals surface area contributed by atoms with E-state index in [-0.39, 0.29) is 5.79 Å². The summed E-state index contributed by atoms with van der Waals surface area (Å²) in [5.74, 6) is -0.294. The Morgan fingerprint density at radius 1 is 0.468 bits per heavy atom. The fraction of sp³-hybridized carbons (Fsp3) is 0.909. The molecular weight excluding hydrogens is 574 g/mol. The van der Waals surface area contributed by atoms with Crippen LogP contribution in [0.15, 0.2) is 24.3 Å². The first kappa shape index (κ1) is 42.5. The molecule has 0 amide bonds. The van der Waals surface area contributed by atoms with Crippen LogP contribution >= 0.6 is 0 Å². The summed E-state index contributed by atoms with van der Waals surface area (Å²) in [6.45, 7) is 4.58. The van der Waals surface area contributed by atoms with E-state index in [1.807, 2.05) is 0 Å². The van der Waals surface area contributed by atoms with E-state index in [9.17, 15) is 0 Å². The van der Waals surface area contributed by atoms with Crippen LogP contribution in [-0.2, 0) is 9.47 Å². The number of fused-ring (bicyclic) bond motifs is 1. The molecule has 1 aliphatic heterocycles. The van der Waals surface area contributed by atoms with Crippen LogP contribution in [0.2, 0.25) is 0 Å². The maximum atomic E-state index is 6.84. The molecule has 0 spiro atoms. The number of unbranched alkanes of at least 4 members (excludes halogenated alkanes) is 24. The topological polar surface area (TPSA) is 21.7 Å². The Kier molecular flexibility index (Phi) is 26.4. The summed E-state index contributed by atoms with van der Waals surface area (Å²) in [7, 11) is 4.42. The highest BCUT2D eigenvalue weighted by atomic mass is 16.8. The van der Waals surface area contributed by atoms with E-state index in [0.29, 0.717) is 18.2 Å². The van der Waals surface area contributed by atoms with Crippen molar-refractivity contribution in [1.29, 1.82) is 0 Å². The van der Waals surface area contributed by atoms with Gasteiger partial charge in [0.05, 0.1) is 12.2 Å². The third-order valence-electron chi connectivity index (χ3n) is 11.1. The maximum Gasteiger partial charge on any atom is 0.169 e. The number of allylic oxidation sites excluding steroid dienone is 4. The van der Waals surface area contributed by atoms with E-state index in [2.05, 4.69) is 57.1 Å². The van der Waals surface area contributed by atoms with Gasteiger partial charge in [0, 0.05) is 18.9 Å². The Bertz CT molecular complexity index is 731. The normalized spacial score (nSPS) is 22.9. The van der Waals surface area contributed by atoms with Crippen LogP contribution in [0.5, 0.6) is 0 Å². The van der Waals surface area contributed by atoms with Crippen LogP contribution in [0.1, 0.15) is 219 Å². The maximum absolute atomic E-state index is 6.84. The van der Waals surface area contributed by atoms with Gasteiger partial charge in [-0.1, -0.05) is 173 Å². The molecule has 0 aromatic carbocycles. The largest absolute Gasteiger partial charge is 0.344 e. The van der Waals surface area contributed by atoms with Crippen LogP contribution in [0.4, 0.5) is 0 Å². The van der Waals surface area contributed by atoms with Gasteiger partial charge >= 0.3 is 0 Å². The lowest BCUT2D eigenvalue weighted by Gasteiger charge is -2.31. The molecule has 2 fully saturated rings. The molecule has 3 nitrogen and oxygen atoms in total.